The van der Waals surface area contributed by atoms with Crippen LogP contribution in [0.25, 0.3) is 0 Å². The summed E-state index contributed by atoms with van der Waals surface area (Å²) in [5.41, 5.74) is 5.68. The standard InChI is InChI=1S/C10H14BN4O4/c12-5-11-15-8(13)1-2-14(10(15)18)9-3-6(17)7(4-16)19-9/h1-2,6-9,16-17H,3-4,13H2/t6-,7+,8?,9+/m0/s1. The van der Waals surface area contributed by atoms with Gasteiger partial charge in [-0.2, -0.15) is 0 Å². The maximum atomic E-state index is 12.1. The molecule has 19 heavy (non-hydrogen) atoms. The molecule has 0 aliphatic carbocycles. The number of rotatable bonds is 3. The Morgan fingerprint density at radius 3 is 3.00 bits per heavy atom. The fourth-order valence-electron chi connectivity index (χ4n) is 2.07. The smallest absolute Gasteiger partial charge is 0.392 e. The monoisotopic (exact) mass is 265 g/mol. The quantitative estimate of drug-likeness (QED) is 0.512. The van der Waals surface area contributed by atoms with Crippen molar-refractivity contribution in [2.45, 2.75) is 31.0 Å². The van der Waals surface area contributed by atoms with E-state index in [2.05, 4.69) is 0 Å². The number of nitriles is 1. The lowest BCUT2D eigenvalue weighted by Gasteiger charge is -2.36. The molecule has 0 spiro atoms. The zero-order valence-electron chi connectivity index (χ0n) is 10.1. The van der Waals surface area contributed by atoms with Gasteiger partial charge in [-0.05, 0) is 6.08 Å². The van der Waals surface area contributed by atoms with Crippen LogP contribution in [0, 0.1) is 11.2 Å². The fourth-order valence-corrected chi connectivity index (χ4v) is 2.07. The first-order valence-electron chi connectivity index (χ1n) is 5.80. The molecule has 2 rings (SSSR count). The van der Waals surface area contributed by atoms with E-state index in [-0.39, 0.29) is 13.0 Å². The first-order chi connectivity index (χ1) is 9.08. The highest BCUT2D eigenvalue weighted by molar-refractivity contribution is 6.45. The summed E-state index contributed by atoms with van der Waals surface area (Å²) in [6.07, 6.45) is 0.261. The van der Waals surface area contributed by atoms with E-state index in [0.717, 1.165) is 12.2 Å². The van der Waals surface area contributed by atoms with E-state index in [1.165, 1.54) is 17.2 Å². The highest BCUT2D eigenvalue weighted by atomic mass is 16.5. The number of nitrogens with zero attached hydrogens (tertiary/aromatic N) is 3. The highest BCUT2D eigenvalue weighted by Crippen LogP contribution is 2.26. The van der Waals surface area contributed by atoms with Crippen LogP contribution >= 0.6 is 0 Å². The van der Waals surface area contributed by atoms with E-state index in [1.807, 2.05) is 0 Å². The Hall–Kier alpha value is -1.60. The van der Waals surface area contributed by atoms with Crippen LogP contribution in [0.1, 0.15) is 6.42 Å². The Kier molecular flexibility index (Phi) is 4.06. The second kappa shape index (κ2) is 5.58. The molecule has 0 aromatic rings. The van der Waals surface area contributed by atoms with Crippen molar-refractivity contribution in [3.05, 3.63) is 12.3 Å². The van der Waals surface area contributed by atoms with E-state index >= 15 is 0 Å². The Bertz CT molecular complexity index is 426. The van der Waals surface area contributed by atoms with Gasteiger partial charge in [0.1, 0.15) is 12.3 Å². The van der Waals surface area contributed by atoms with E-state index in [0.29, 0.717) is 0 Å². The molecule has 1 radical (unpaired) electrons. The predicted molar refractivity (Wildman–Crippen MR) is 63.9 cm³/mol. The minimum atomic E-state index is -0.833. The number of aliphatic hydroxyl groups excluding tert-OH is 2. The van der Waals surface area contributed by atoms with E-state index in [9.17, 15) is 9.90 Å². The molecular formula is C10H14BN4O4. The van der Waals surface area contributed by atoms with Crippen LogP contribution in [-0.2, 0) is 4.74 Å². The van der Waals surface area contributed by atoms with Gasteiger partial charge in [-0.15, -0.1) is 0 Å². The van der Waals surface area contributed by atoms with Crippen molar-refractivity contribution in [3.63, 3.8) is 0 Å². The fraction of sp³-hybridized carbons (Fsp3) is 0.600. The summed E-state index contributed by atoms with van der Waals surface area (Å²) in [6.45, 7) is -0.322. The number of hydrogen-bond donors (Lipinski definition) is 3. The van der Waals surface area contributed by atoms with Gasteiger partial charge >= 0.3 is 13.4 Å². The number of amides is 2. The first-order valence-corrected chi connectivity index (χ1v) is 5.80. The molecule has 0 saturated carbocycles. The molecule has 0 aromatic heterocycles. The summed E-state index contributed by atoms with van der Waals surface area (Å²) in [5.74, 6) is 1.75. The maximum absolute atomic E-state index is 12.1. The van der Waals surface area contributed by atoms with Gasteiger partial charge in [0, 0.05) is 18.6 Å². The van der Waals surface area contributed by atoms with Crippen LogP contribution in [0.15, 0.2) is 12.3 Å². The van der Waals surface area contributed by atoms with E-state index in [1.54, 1.807) is 5.97 Å². The molecule has 2 aliphatic rings. The molecule has 1 fully saturated rings. The molecule has 4 atom stereocenters. The molecule has 1 saturated heterocycles. The average molecular weight is 265 g/mol. The molecule has 9 heteroatoms. The van der Waals surface area contributed by atoms with Gasteiger partial charge < -0.3 is 25.5 Å². The zero-order valence-corrected chi connectivity index (χ0v) is 10.1. The van der Waals surface area contributed by atoms with Gasteiger partial charge in [0.2, 0.25) is 0 Å². The normalized spacial score (nSPS) is 34.5. The molecule has 101 valence electrons. The van der Waals surface area contributed by atoms with E-state index < -0.39 is 30.6 Å². The van der Waals surface area contributed by atoms with Crippen molar-refractivity contribution in [2.24, 2.45) is 5.73 Å². The van der Waals surface area contributed by atoms with Crippen molar-refractivity contribution in [1.82, 2.24) is 9.71 Å². The lowest BCUT2D eigenvalue weighted by molar-refractivity contribution is -0.0562. The van der Waals surface area contributed by atoms with Crippen molar-refractivity contribution in [3.8, 4) is 5.97 Å². The van der Waals surface area contributed by atoms with Crippen molar-refractivity contribution in [1.29, 1.82) is 5.26 Å². The van der Waals surface area contributed by atoms with E-state index in [4.69, 9.17) is 20.8 Å². The Morgan fingerprint density at radius 2 is 2.42 bits per heavy atom. The summed E-state index contributed by atoms with van der Waals surface area (Å²) >= 11 is 0. The topological polar surface area (TPSA) is 123 Å². The summed E-state index contributed by atoms with van der Waals surface area (Å²) in [7, 11) is 1.03. The van der Waals surface area contributed by atoms with Gasteiger partial charge in [0.25, 0.3) is 0 Å². The number of nitrogens with two attached hydrogens (primary N) is 1. The number of urea groups is 1. The molecule has 0 aromatic carbocycles. The van der Waals surface area contributed by atoms with Crippen LogP contribution in [0.4, 0.5) is 4.79 Å². The van der Waals surface area contributed by atoms with Gasteiger partial charge in [0.05, 0.1) is 18.9 Å². The van der Waals surface area contributed by atoms with Gasteiger partial charge in [-0.1, -0.05) is 0 Å². The van der Waals surface area contributed by atoms with Crippen LogP contribution < -0.4 is 5.73 Å². The molecule has 1 unspecified atom stereocenters. The van der Waals surface area contributed by atoms with Crippen LogP contribution in [-0.4, -0.2) is 64.6 Å². The maximum Gasteiger partial charge on any atom is 0.392 e. The zero-order chi connectivity index (χ0) is 14.0. The molecule has 2 heterocycles. The van der Waals surface area contributed by atoms with Gasteiger partial charge in [0.15, 0.2) is 0 Å². The third-order valence-electron chi connectivity index (χ3n) is 3.10. The third-order valence-corrected chi connectivity index (χ3v) is 3.10. The Labute approximate surface area is 110 Å². The molecule has 2 amide bonds. The average Bonchev–Trinajstić information content (AvgIpc) is 2.75. The molecule has 8 nitrogen and oxygen atoms in total. The summed E-state index contributed by atoms with van der Waals surface area (Å²) in [5, 5.41) is 27.3. The Balaban J connectivity index is 2.11. The third kappa shape index (κ3) is 2.57. The van der Waals surface area contributed by atoms with Crippen molar-refractivity contribution >= 4 is 13.4 Å². The molecule has 2 aliphatic heterocycles. The summed E-state index contributed by atoms with van der Waals surface area (Å²) in [6, 6.07) is -0.507. The lowest BCUT2D eigenvalue weighted by Crippen LogP contribution is -2.56. The minimum absolute atomic E-state index is 0.191. The second-order valence-electron chi connectivity index (χ2n) is 4.30. The Morgan fingerprint density at radius 1 is 1.68 bits per heavy atom. The number of aliphatic hydroxyl groups is 2. The minimum Gasteiger partial charge on any atom is -0.394 e. The SMILES string of the molecule is N#C[B]N1C(=O)N([C@H]2C[C@H](O)[C@@H](CO)O2)C=CC1N. The molecule has 4 N–H and O–H groups in total. The van der Waals surface area contributed by atoms with Crippen LogP contribution in [0.2, 0.25) is 0 Å². The summed E-state index contributed by atoms with van der Waals surface area (Å²) in [4.78, 5) is 14.4. The number of carbonyl (C=O) groups is 1. The number of ether oxygens (including phenoxy) is 1. The summed E-state index contributed by atoms with van der Waals surface area (Å²) < 4.78 is 5.38. The largest absolute Gasteiger partial charge is 0.394 e. The number of hydrogen-bond acceptors (Lipinski definition) is 6. The lowest BCUT2D eigenvalue weighted by atomic mass is 9.93. The molecule has 0 bridgehead atoms. The van der Waals surface area contributed by atoms with Gasteiger partial charge in [-0.3, -0.25) is 4.90 Å². The molecular weight excluding hydrogens is 251 g/mol. The highest BCUT2D eigenvalue weighted by Gasteiger charge is 2.41. The predicted octanol–water partition coefficient (Wildman–Crippen LogP) is -1.91. The first kappa shape index (κ1) is 13.8. The van der Waals surface area contributed by atoms with Gasteiger partial charge in [-0.25, -0.2) is 10.1 Å². The number of carbonyl (C=O) groups excluding carboxylic acids is 1. The van der Waals surface area contributed by atoms with Crippen molar-refractivity contribution < 1.29 is 19.7 Å². The van der Waals surface area contributed by atoms with Crippen molar-refractivity contribution in [2.75, 3.05) is 6.61 Å². The second-order valence-corrected chi connectivity index (χ2v) is 4.30. The van der Waals surface area contributed by atoms with Crippen LogP contribution in [0.3, 0.4) is 0 Å². The van der Waals surface area contributed by atoms with Crippen LogP contribution in [0.5, 0.6) is 0 Å².